The molecule has 1 saturated heterocycles. The predicted octanol–water partition coefficient (Wildman–Crippen LogP) is 3.70. The second kappa shape index (κ2) is 8.61. The number of nitrogens with one attached hydrogen (secondary N) is 1. The second-order valence-electron chi connectivity index (χ2n) is 7.04. The molecule has 0 spiro atoms. The molecular formula is C20H24N2O4S. The van der Waals surface area contributed by atoms with E-state index in [1.807, 2.05) is 31.2 Å². The maximum Gasteiger partial charge on any atom is 0.286 e. The Bertz CT molecular complexity index is 814. The molecule has 0 bridgehead atoms. The molecule has 1 fully saturated rings. The van der Waals surface area contributed by atoms with Gasteiger partial charge in [0, 0.05) is 0 Å². The molecule has 2 heterocycles. The summed E-state index contributed by atoms with van der Waals surface area (Å²) in [5, 5.41) is 1.68. The van der Waals surface area contributed by atoms with Crippen LogP contribution in [-0.2, 0) is 24.1 Å². The van der Waals surface area contributed by atoms with Crippen LogP contribution in [0.2, 0.25) is 0 Å². The van der Waals surface area contributed by atoms with Crippen LogP contribution in [0.25, 0.3) is 0 Å². The Hall–Kier alpha value is -2.28. The average Bonchev–Trinajstić information content (AvgIpc) is 3.10. The summed E-state index contributed by atoms with van der Waals surface area (Å²) in [5.41, 5.74) is 2.02. The Balaban J connectivity index is 1.48. The smallest absolute Gasteiger partial charge is 0.286 e. The van der Waals surface area contributed by atoms with Gasteiger partial charge < -0.3 is 9.15 Å². The van der Waals surface area contributed by atoms with Crippen LogP contribution in [0, 0.1) is 12.8 Å². The van der Waals surface area contributed by atoms with E-state index >= 15 is 0 Å². The molecule has 3 rings (SSSR count). The van der Waals surface area contributed by atoms with E-state index in [9.17, 15) is 9.59 Å². The Morgan fingerprint density at radius 2 is 2.00 bits per heavy atom. The van der Waals surface area contributed by atoms with Gasteiger partial charge in [0.1, 0.15) is 11.5 Å². The summed E-state index contributed by atoms with van der Waals surface area (Å²) in [6, 6.07) is 7.59. The summed E-state index contributed by atoms with van der Waals surface area (Å²) in [6.07, 6.45) is 2.05. The number of imide groups is 1. The average molecular weight is 388 g/mol. The number of carbonyl (C=O) groups excluding carboxylic acids is 2. The van der Waals surface area contributed by atoms with Gasteiger partial charge in [-0.2, -0.15) is 0 Å². The number of thioether (sulfide) groups is 1. The molecule has 0 saturated carbocycles. The largest absolute Gasteiger partial charge is 0.493 e. The van der Waals surface area contributed by atoms with Crippen LogP contribution in [0.4, 0.5) is 4.79 Å². The Morgan fingerprint density at radius 3 is 2.63 bits per heavy atom. The van der Waals surface area contributed by atoms with Gasteiger partial charge in [-0.15, -0.1) is 0 Å². The minimum atomic E-state index is -0.349. The zero-order chi connectivity index (χ0) is 19.4. The van der Waals surface area contributed by atoms with E-state index in [1.54, 1.807) is 0 Å². The van der Waals surface area contributed by atoms with Gasteiger partial charge in [0.05, 0.1) is 24.0 Å². The van der Waals surface area contributed by atoms with Crippen LogP contribution in [0.5, 0.6) is 5.75 Å². The number of oxazole rings is 1. The van der Waals surface area contributed by atoms with E-state index < -0.39 is 0 Å². The van der Waals surface area contributed by atoms with E-state index in [0.717, 1.165) is 40.9 Å². The summed E-state index contributed by atoms with van der Waals surface area (Å²) in [5.74, 6) is 2.67. The number of nitrogens with zero attached hydrogens (tertiary/aromatic N) is 1. The standard InChI is InChI=1S/C20H24N2O4S/c1-12(2)10-16-13(3)26-18(21-16)8-9-25-15-6-4-14(5-7-15)11-17-19(23)22-20(24)27-17/h4-7,12,17H,8-11H2,1-3H3,(H,22,23,24). The van der Waals surface area contributed by atoms with E-state index in [0.29, 0.717) is 31.3 Å². The lowest BCUT2D eigenvalue weighted by atomic mass is 10.1. The summed E-state index contributed by atoms with van der Waals surface area (Å²) < 4.78 is 11.5. The number of rotatable bonds is 8. The number of ether oxygens (including phenoxy) is 1. The summed E-state index contributed by atoms with van der Waals surface area (Å²) in [6.45, 7) is 6.76. The zero-order valence-corrected chi connectivity index (χ0v) is 16.6. The first-order chi connectivity index (χ1) is 12.9. The van der Waals surface area contributed by atoms with Gasteiger partial charge >= 0.3 is 0 Å². The SMILES string of the molecule is Cc1oc(CCOc2ccc(CC3SC(=O)NC3=O)cc2)nc1CC(C)C. The number of benzene rings is 1. The minimum absolute atomic E-state index is 0.219. The van der Waals surface area contributed by atoms with Crippen LogP contribution in [0.1, 0.15) is 36.8 Å². The Kier molecular flexibility index (Phi) is 6.21. The van der Waals surface area contributed by atoms with E-state index in [2.05, 4.69) is 24.1 Å². The molecule has 1 N–H and O–H groups in total. The second-order valence-corrected chi connectivity index (χ2v) is 8.21. The van der Waals surface area contributed by atoms with Crippen LogP contribution < -0.4 is 10.1 Å². The van der Waals surface area contributed by atoms with Crippen molar-refractivity contribution in [2.45, 2.75) is 45.3 Å². The number of hydrogen-bond acceptors (Lipinski definition) is 6. The quantitative estimate of drug-likeness (QED) is 0.743. The molecule has 1 unspecified atom stereocenters. The third kappa shape index (κ3) is 5.35. The van der Waals surface area contributed by atoms with Gasteiger partial charge in [0.15, 0.2) is 5.89 Å². The van der Waals surface area contributed by atoms with Crippen molar-refractivity contribution in [3.8, 4) is 5.75 Å². The third-order valence-corrected chi connectivity index (χ3v) is 5.22. The normalized spacial score (nSPS) is 16.8. The fourth-order valence-corrected chi connectivity index (χ4v) is 3.75. The third-order valence-electron chi connectivity index (χ3n) is 4.23. The number of aryl methyl sites for hydroxylation is 1. The van der Waals surface area contributed by atoms with Crippen molar-refractivity contribution >= 4 is 22.9 Å². The van der Waals surface area contributed by atoms with Crippen molar-refractivity contribution in [3.05, 3.63) is 47.2 Å². The Labute approximate surface area is 163 Å². The minimum Gasteiger partial charge on any atom is -0.493 e. The topological polar surface area (TPSA) is 81.4 Å². The summed E-state index contributed by atoms with van der Waals surface area (Å²) >= 11 is 1.04. The molecule has 1 aliphatic rings. The molecule has 1 aromatic carbocycles. The van der Waals surface area contributed by atoms with Crippen LogP contribution in [0.15, 0.2) is 28.7 Å². The molecule has 6 nitrogen and oxygen atoms in total. The number of carbonyl (C=O) groups is 2. The van der Waals surface area contributed by atoms with Crippen molar-refractivity contribution in [2.24, 2.45) is 5.92 Å². The fourth-order valence-electron chi connectivity index (χ4n) is 2.89. The van der Waals surface area contributed by atoms with Crippen LogP contribution in [0.3, 0.4) is 0 Å². The van der Waals surface area contributed by atoms with Gasteiger partial charge in [-0.1, -0.05) is 37.7 Å². The summed E-state index contributed by atoms with van der Waals surface area (Å²) in [7, 11) is 0. The molecule has 1 atom stereocenters. The molecule has 0 aliphatic carbocycles. The number of amides is 2. The number of hydrogen-bond donors (Lipinski definition) is 1. The maximum atomic E-state index is 11.6. The first-order valence-corrected chi connectivity index (χ1v) is 9.97. The van der Waals surface area contributed by atoms with Gasteiger partial charge in [0.25, 0.3) is 5.24 Å². The highest BCUT2D eigenvalue weighted by molar-refractivity contribution is 8.15. The summed E-state index contributed by atoms with van der Waals surface area (Å²) in [4.78, 5) is 27.4. The van der Waals surface area contributed by atoms with Crippen LogP contribution >= 0.6 is 11.8 Å². The van der Waals surface area contributed by atoms with E-state index in [-0.39, 0.29) is 16.4 Å². The molecule has 2 amide bonds. The van der Waals surface area contributed by atoms with Gasteiger partial charge in [-0.25, -0.2) is 4.98 Å². The highest BCUT2D eigenvalue weighted by Gasteiger charge is 2.31. The van der Waals surface area contributed by atoms with Crippen molar-refractivity contribution in [1.29, 1.82) is 0 Å². The first-order valence-electron chi connectivity index (χ1n) is 9.09. The number of aromatic nitrogens is 1. The lowest BCUT2D eigenvalue weighted by molar-refractivity contribution is -0.118. The molecule has 0 radical (unpaired) electrons. The van der Waals surface area contributed by atoms with Gasteiger partial charge in [-0.3, -0.25) is 14.9 Å². The highest BCUT2D eigenvalue weighted by atomic mass is 32.2. The van der Waals surface area contributed by atoms with Gasteiger partial charge in [0.2, 0.25) is 5.91 Å². The lowest BCUT2D eigenvalue weighted by Crippen LogP contribution is -2.25. The van der Waals surface area contributed by atoms with Crippen LogP contribution in [-0.4, -0.2) is 28.0 Å². The molecule has 144 valence electrons. The zero-order valence-electron chi connectivity index (χ0n) is 15.8. The fraction of sp³-hybridized carbons (Fsp3) is 0.450. The monoisotopic (exact) mass is 388 g/mol. The molecular weight excluding hydrogens is 364 g/mol. The molecule has 1 aliphatic heterocycles. The van der Waals surface area contributed by atoms with Crippen molar-refractivity contribution < 1.29 is 18.7 Å². The lowest BCUT2D eigenvalue weighted by Gasteiger charge is -2.08. The van der Waals surface area contributed by atoms with Gasteiger partial charge in [-0.05, 0) is 43.4 Å². The van der Waals surface area contributed by atoms with Crippen molar-refractivity contribution in [2.75, 3.05) is 6.61 Å². The Morgan fingerprint density at radius 1 is 1.26 bits per heavy atom. The van der Waals surface area contributed by atoms with Crippen molar-refractivity contribution in [3.63, 3.8) is 0 Å². The molecule has 2 aromatic rings. The maximum absolute atomic E-state index is 11.6. The molecule has 1 aromatic heterocycles. The van der Waals surface area contributed by atoms with E-state index in [1.165, 1.54) is 0 Å². The highest BCUT2D eigenvalue weighted by Crippen LogP contribution is 2.24. The first kappa shape index (κ1) is 19.5. The van der Waals surface area contributed by atoms with E-state index in [4.69, 9.17) is 9.15 Å². The molecule has 7 heteroatoms. The molecule has 27 heavy (non-hydrogen) atoms. The predicted molar refractivity (Wildman–Crippen MR) is 104 cm³/mol. The van der Waals surface area contributed by atoms with Crippen molar-refractivity contribution in [1.82, 2.24) is 10.3 Å².